The van der Waals surface area contributed by atoms with Crippen LogP contribution in [0.2, 0.25) is 0 Å². The molecule has 0 radical (unpaired) electrons. The quantitative estimate of drug-likeness (QED) is 0.425. The molecule has 184 valence electrons. The molecule has 0 spiro atoms. The number of rotatable bonds is 7. The molecule has 4 aromatic rings. The molecule has 1 amide bonds. The number of hydrogen-bond donors (Lipinski definition) is 1. The molecule has 1 N–H and O–H groups in total. The fraction of sp³-hybridized carbons (Fsp3) is 0.259. The number of hydrogen-bond acceptors (Lipinski definition) is 6. The Morgan fingerprint density at radius 2 is 2.03 bits per heavy atom. The second kappa shape index (κ2) is 9.77. The first-order valence-electron chi connectivity index (χ1n) is 11.6. The van der Waals surface area contributed by atoms with E-state index in [0.717, 1.165) is 22.5 Å². The van der Waals surface area contributed by atoms with Crippen LogP contribution in [0.4, 0.5) is 4.39 Å². The van der Waals surface area contributed by atoms with Gasteiger partial charge in [-0.25, -0.2) is 4.39 Å². The van der Waals surface area contributed by atoms with Gasteiger partial charge in [0.25, 0.3) is 5.91 Å². The maximum atomic E-state index is 14.3. The molecule has 0 bridgehead atoms. The summed E-state index contributed by atoms with van der Waals surface area (Å²) >= 11 is 0. The third-order valence-corrected chi connectivity index (χ3v) is 6.10. The van der Waals surface area contributed by atoms with E-state index in [0.29, 0.717) is 41.4 Å². The molecule has 0 saturated heterocycles. The Balaban J connectivity index is 1.25. The van der Waals surface area contributed by atoms with Crippen molar-refractivity contribution in [2.24, 2.45) is 0 Å². The maximum absolute atomic E-state index is 14.3. The lowest BCUT2D eigenvalue weighted by Gasteiger charge is -2.14. The zero-order chi connectivity index (χ0) is 25.2. The highest BCUT2D eigenvalue weighted by atomic mass is 19.1. The van der Waals surface area contributed by atoms with Crippen LogP contribution >= 0.6 is 0 Å². The molecule has 8 nitrogen and oxygen atoms in total. The van der Waals surface area contributed by atoms with Gasteiger partial charge in [-0.3, -0.25) is 9.48 Å². The van der Waals surface area contributed by atoms with E-state index in [1.54, 1.807) is 18.2 Å². The van der Waals surface area contributed by atoms with Crippen molar-refractivity contribution in [3.05, 3.63) is 88.5 Å². The normalized spacial score (nSPS) is 14.3. The topological polar surface area (TPSA) is 91.2 Å². The van der Waals surface area contributed by atoms with Crippen molar-refractivity contribution in [2.45, 2.75) is 32.9 Å². The molecule has 0 fully saturated rings. The average molecular weight is 488 g/mol. The molecule has 2 aromatic carbocycles. The molecule has 36 heavy (non-hydrogen) atoms. The van der Waals surface area contributed by atoms with Crippen molar-refractivity contribution in [1.82, 2.24) is 25.3 Å². The third-order valence-electron chi connectivity index (χ3n) is 6.10. The van der Waals surface area contributed by atoms with Crippen molar-refractivity contribution in [3.63, 3.8) is 0 Å². The smallest absolute Gasteiger partial charge is 0.251 e. The van der Waals surface area contributed by atoms with Crippen molar-refractivity contribution in [2.75, 3.05) is 13.7 Å². The number of fused-ring (bicyclic) bond motifs is 1. The largest absolute Gasteiger partial charge is 0.487 e. The van der Waals surface area contributed by atoms with Crippen LogP contribution in [0.3, 0.4) is 0 Å². The van der Waals surface area contributed by atoms with Crippen LogP contribution in [0.25, 0.3) is 11.3 Å². The number of aromatic nitrogens is 4. The summed E-state index contributed by atoms with van der Waals surface area (Å²) in [4.78, 5) is 12.9. The Bertz CT molecular complexity index is 1420. The van der Waals surface area contributed by atoms with Crippen LogP contribution in [-0.4, -0.2) is 45.6 Å². The number of methoxy groups -OCH3 is 1. The van der Waals surface area contributed by atoms with Gasteiger partial charge < -0.3 is 14.8 Å². The highest BCUT2D eigenvalue weighted by Gasteiger charge is 2.28. The summed E-state index contributed by atoms with van der Waals surface area (Å²) < 4.78 is 27.4. The van der Waals surface area contributed by atoms with Gasteiger partial charge in [0, 0.05) is 34.9 Å². The van der Waals surface area contributed by atoms with Crippen LogP contribution < -0.4 is 14.8 Å². The molecule has 5 rings (SSSR count). The molecule has 0 saturated carbocycles. The maximum Gasteiger partial charge on any atom is 0.251 e. The molecule has 1 aliphatic heterocycles. The van der Waals surface area contributed by atoms with Crippen LogP contribution in [-0.2, 0) is 13.0 Å². The van der Waals surface area contributed by atoms with Gasteiger partial charge in [0.15, 0.2) is 0 Å². The first-order chi connectivity index (χ1) is 17.4. The fourth-order valence-corrected chi connectivity index (χ4v) is 4.40. The van der Waals surface area contributed by atoms with E-state index < -0.39 is 0 Å². The van der Waals surface area contributed by atoms with Crippen LogP contribution in [0.5, 0.6) is 11.6 Å². The number of carbonyl (C=O) groups is 1. The number of ether oxygens (including phenoxy) is 2. The lowest BCUT2D eigenvalue weighted by molar-refractivity contribution is 0.0933. The second-order valence-electron chi connectivity index (χ2n) is 8.84. The van der Waals surface area contributed by atoms with Gasteiger partial charge in [-0.15, -0.1) is 10.2 Å². The molecule has 9 heteroatoms. The summed E-state index contributed by atoms with van der Waals surface area (Å²) in [6.07, 6.45) is 0.149. The number of nitrogens with one attached hydrogen (secondary N) is 1. The van der Waals surface area contributed by atoms with Gasteiger partial charge in [-0.1, -0.05) is 12.1 Å². The number of amides is 1. The predicted molar refractivity (Wildman–Crippen MR) is 132 cm³/mol. The first-order valence-corrected chi connectivity index (χ1v) is 11.6. The number of benzene rings is 2. The zero-order valence-electron chi connectivity index (χ0n) is 20.3. The highest BCUT2D eigenvalue weighted by Crippen LogP contribution is 2.39. The number of carbonyl (C=O) groups excluding carboxylic acids is 1. The van der Waals surface area contributed by atoms with Crippen LogP contribution in [0, 0.1) is 19.7 Å². The van der Waals surface area contributed by atoms with Gasteiger partial charge in [-0.2, -0.15) is 5.10 Å². The van der Waals surface area contributed by atoms with Gasteiger partial charge in [0.05, 0.1) is 31.6 Å². The van der Waals surface area contributed by atoms with E-state index >= 15 is 0 Å². The lowest BCUT2D eigenvalue weighted by Crippen LogP contribution is -2.34. The molecule has 0 unspecified atom stereocenters. The standard InChI is InChI=1S/C27H26FN5O3/c1-16-9-17(2)33(32-16)15-18-5-4-6-19(10-18)27(34)29-14-22-12-20-11-21(28)13-23(26(20)36-22)24-7-8-25(35-3)31-30-24/h4-11,13,22H,12,14-15H2,1-3H3,(H,29,34)/t22-/m0/s1. The summed E-state index contributed by atoms with van der Waals surface area (Å²) in [5, 5.41) is 15.5. The Morgan fingerprint density at radius 1 is 1.17 bits per heavy atom. The van der Waals surface area contributed by atoms with Crippen LogP contribution in [0.1, 0.15) is 32.9 Å². The van der Waals surface area contributed by atoms with Crippen molar-refractivity contribution < 1.29 is 18.7 Å². The second-order valence-corrected chi connectivity index (χ2v) is 8.84. The van der Waals surface area contributed by atoms with Gasteiger partial charge in [0.1, 0.15) is 17.7 Å². The molecule has 1 aliphatic rings. The molecular weight excluding hydrogens is 461 g/mol. The minimum atomic E-state index is -0.380. The zero-order valence-corrected chi connectivity index (χ0v) is 20.3. The van der Waals surface area contributed by atoms with E-state index in [9.17, 15) is 9.18 Å². The molecule has 2 aromatic heterocycles. The van der Waals surface area contributed by atoms with Crippen molar-refractivity contribution >= 4 is 5.91 Å². The monoisotopic (exact) mass is 487 g/mol. The van der Waals surface area contributed by atoms with E-state index in [1.165, 1.54) is 19.2 Å². The Labute approximate surface area is 208 Å². The minimum Gasteiger partial charge on any atom is -0.487 e. The van der Waals surface area contributed by atoms with E-state index in [1.807, 2.05) is 42.8 Å². The van der Waals surface area contributed by atoms with E-state index in [4.69, 9.17) is 9.47 Å². The highest BCUT2D eigenvalue weighted by molar-refractivity contribution is 5.94. The summed E-state index contributed by atoms with van der Waals surface area (Å²) in [7, 11) is 1.50. The molecule has 3 heterocycles. The Morgan fingerprint density at radius 3 is 2.75 bits per heavy atom. The third kappa shape index (κ3) is 4.91. The number of aryl methyl sites for hydroxylation is 2. The van der Waals surface area contributed by atoms with E-state index in [-0.39, 0.29) is 24.4 Å². The summed E-state index contributed by atoms with van der Waals surface area (Å²) in [5.74, 6) is 0.348. The predicted octanol–water partition coefficient (Wildman–Crippen LogP) is 3.89. The number of nitrogens with zero attached hydrogens (tertiary/aromatic N) is 4. The summed E-state index contributed by atoms with van der Waals surface area (Å²) in [6.45, 7) is 4.84. The Kier molecular flexibility index (Phi) is 6.37. The Hall–Kier alpha value is -4.27. The van der Waals surface area contributed by atoms with Gasteiger partial charge >= 0.3 is 0 Å². The summed E-state index contributed by atoms with van der Waals surface area (Å²) in [6, 6.07) is 15.7. The van der Waals surface area contributed by atoms with Gasteiger partial charge in [-0.05, 0) is 55.8 Å². The fourth-order valence-electron chi connectivity index (χ4n) is 4.40. The minimum absolute atomic E-state index is 0.197. The van der Waals surface area contributed by atoms with Crippen molar-refractivity contribution in [3.8, 4) is 22.9 Å². The van der Waals surface area contributed by atoms with E-state index in [2.05, 4.69) is 20.6 Å². The number of halogens is 1. The van der Waals surface area contributed by atoms with Crippen LogP contribution in [0.15, 0.2) is 54.6 Å². The lowest BCUT2D eigenvalue weighted by atomic mass is 10.0. The average Bonchev–Trinajstić information content (AvgIpc) is 3.43. The van der Waals surface area contributed by atoms with Gasteiger partial charge in [0.2, 0.25) is 5.88 Å². The first kappa shape index (κ1) is 23.5. The summed E-state index contributed by atoms with van der Waals surface area (Å²) in [5.41, 5.74) is 5.30. The molecule has 0 aliphatic carbocycles. The molecule has 1 atom stereocenters. The van der Waals surface area contributed by atoms with Crippen molar-refractivity contribution in [1.29, 1.82) is 0 Å². The SMILES string of the molecule is COc1ccc(-c2cc(F)cc3c2O[C@H](CNC(=O)c2cccc(Cn4nc(C)cc4C)c2)C3)nn1. The molecular formula is C27H26FN5O3.